The van der Waals surface area contributed by atoms with E-state index in [0.717, 1.165) is 13.0 Å². The Hall–Kier alpha value is -1.79. The highest BCUT2D eigenvalue weighted by atomic mass is 32.1. The minimum atomic E-state index is 0.150. The first-order valence-electron chi connectivity index (χ1n) is 6.60. The molecule has 0 aliphatic heterocycles. The molecular weight excluding hydrogens is 270 g/mol. The highest BCUT2D eigenvalue weighted by Gasteiger charge is 2.18. The lowest BCUT2D eigenvalue weighted by atomic mass is 10.1. The zero-order valence-electron chi connectivity index (χ0n) is 11.6. The fraction of sp³-hybridized carbons (Fsp3) is 0.357. The minimum Gasteiger partial charge on any atom is -0.309 e. The van der Waals surface area contributed by atoms with Crippen molar-refractivity contribution in [2.24, 2.45) is 0 Å². The predicted molar refractivity (Wildman–Crippen MR) is 81.0 cm³/mol. The maximum atomic E-state index is 4.22. The maximum Gasteiger partial charge on any atom is 0.162 e. The summed E-state index contributed by atoms with van der Waals surface area (Å²) in [6.07, 6.45) is 2.46. The number of fused-ring (bicyclic) bond motifs is 1. The van der Waals surface area contributed by atoms with Gasteiger partial charge in [0.25, 0.3) is 0 Å². The summed E-state index contributed by atoms with van der Waals surface area (Å²) < 4.78 is 1.30. The summed E-state index contributed by atoms with van der Waals surface area (Å²) in [4.78, 5) is 5.18. The third-order valence-corrected chi connectivity index (χ3v) is 4.48. The summed E-state index contributed by atoms with van der Waals surface area (Å²) in [5.74, 6) is 0. The Bertz CT molecular complexity index is 641. The number of thiophene rings is 1. The van der Waals surface area contributed by atoms with Gasteiger partial charge >= 0.3 is 0 Å². The van der Waals surface area contributed by atoms with E-state index >= 15 is 0 Å². The van der Waals surface area contributed by atoms with E-state index in [2.05, 4.69) is 64.7 Å². The van der Waals surface area contributed by atoms with Crippen LogP contribution in [0.2, 0.25) is 0 Å². The molecule has 0 fully saturated rings. The van der Waals surface area contributed by atoms with Crippen molar-refractivity contribution in [2.75, 3.05) is 20.6 Å². The Morgan fingerprint density at radius 3 is 2.85 bits per heavy atom. The number of hydrogen-bond donors (Lipinski definition) is 0. The highest BCUT2D eigenvalue weighted by Crippen LogP contribution is 2.32. The van der Waals surface area contributed by atoms with E-state index in [1.807, 2.05) is 11.3 Å². The first-order valence-corrected chi connectivity index (χ1v) is 7.41. The zero-order chi connectivity index (χ0) is 13.9. The van der Waals surface area contributed by atoms with E-state index in [0.29, 0.717) is 0 Å². The van der Waals surface area contributed by atoms with E-state index in [-0.39, 0.29) is 6.04 Å². The number of hydrogen-bond acceptors (Lipinski definition) is 5. The van der Waals surface area contributed by atoms with Gasteiger partial charge in [0, 0.05) is 9.58 Å². The molecule has 0 aliphatic carbocycles. The second-order valence-electron chi connectivity index (χ2n) is 5.05. The van der Waals surface area contributed by atoms with Crippen LogP contribution in [0.5, 0.6) is 0 Å². The molecule has 1 atom stereocenters. The summed E-state index contributed by atoms with van der Waals surface area (Å²) >= 11 is 1.81. The van der Waals surface area contributed by atoms with Gasteiger partial charge in [-0.15, -0.1) is 21.5 Å². The third-order valence-electron chi connectivity index (χ3n) is 3.27. The van der Waals surface area contributed by atoms with Crippen LogP contribution in [0.25, 0.3) is 10.1 Å². The summed E-state index contributed by atoms with van der Waals surface area (Å²) in [7, 11) is 4.16. The topological polar surface area (TPSA) is 46.8 Å². The molecule has 0 N–H and O–H groups in total. The molecule has 0 bridgehead atoms. The molecule has 1 aromatic carbocycles. The molecule has 2 aromatic heterocycles. The average Bonchev–Trinajstić information content (AvgIpc) is 3.07. The largest absolute Gasteiger partial charge is 0.309 e. The van der Waals surface area contributed by atoms with E-state index < -0.39 is 0 Å². The van der Waals surface area contributed by atoms with Crippen LogP contribution in [0.1, 0.15) is 17.3 Å². The van der Waals surface area contributed by atoms with Crippen molar-refractivity contribution in [2.45, 2.75) is 12.5 Å². The van der Waals surface area contributed by atoms with Crippen molar-refractivity contribution in [3.8, 4) is 0 Å². The maximum absolute atomic E-state index is 4.22. The van der Waals surface area contributed by atoms with Crippen molar-refractivity contribution >= 4 is 21.4 Å². The van der Waals surface area contributed by atoms with Crippen LogP contribution in [-0.4, -0.2) is 45.7 Å². The highest BCUT2D eigenvalue weighted by molar-refractivity contribution is 7.19. The van der Waals surface area contributed by atoms with E-state index in [9.17, 15) is 0 Å². The molecule has 0 spiro atoms. The van der Waals surface area contributed by atoms with Crippen LogP contribution in [0.3, 0.4) is 0 Å². The Kier molecular flexibility index (Phi) is 3.75. The third kappa shape index (κ3) is 2.71. The Labute approximate surface area is 121 Å². The average molecular weight is 287 g/mol. The lowest BCUT2D eigenvalue weighted by molar-refractivity contribution is 0.342. The molecule has 3 aromatic rings. The molecule has 3 rings (SSSR count). The van der Waals surface area contributed by atoms with E-state index in [1.54, 1.807) is 4.80 Å². The normalized spacial score (nSPS) is 13.2. The van der Waals surface area contributed by atoms with Crippen molar-refractivity contribution in [3.05, 3.63) is 41.5 Å². The van der Waals surface area contributed by atoms with E-state index in [4.69, 9.17) is 0 Å². The zero-order valence-corrected chi connectivity index (χ0v) is 12.4. The van der Waals surface area contributed by atoms with Crippen LogP contribution in [-0.2, 0) is 0 Å². The number of benzene rings is 1. The van der Waals surface area contributed by atoms with Crippen LogP contribution < -0.4 is 0 Å². The predicted octanol–water partition coefficient (Wildman–Crippen LogP) is 2.43. The Balaban J connectivity index is 1.95. The van der Waals surface area contributed by atoms with Gasteiger partial charge in [-0.3, -0.25) is 0 Å². The molecule has 6 heteroatoms. The van der Waals surface area contributed by atoms with Crippen LogP contribution >= 0.6 is 11.3 Å². The van der Waals surface area contributed by atoms with Gasteiger partial charge in [-0.1, -0.05) is 18.2 Å². The van der Waals surface area contributed by atoms with Gasteiger partial charge in [-0.25, -0.2) is 0 Å². The molecular formula is C14H17N5S. The quantitative estimate of drug-likeness (QED) is 0.723. The lowest BCUT2D eigenvalue weighted by Crippen LogP contribution is -2.20. The standard InChI is InChI=1S/C14H17N5S/c1-18(2)8-7-12(19-16-10-15-17-19)14-9-11-5-3-4-6-13(11)20-14/h3-6,9-10,12H,7-8H2,1-2H3. The van der Waals surface area contributed by atoms with Gasteiger partial charge < -0.3 is 4.90 Å². The van der Waals surface area contributed by atoms with Gasteiger partial charge in [0.15, 0.2) is 6.33 Å². The Morgan fingerprint density at radius 2 is 2.15 bits per heavy atom. The van der Waals surface area contributed by atoms with Gasteiger partial charge in [-0.2, -0.15) is 4.80 Å². The fourth-order valence-corrected chi connectivity index (χ4v) is 3.42. The summed E-state index contributed by atoms with van der Waals surface area (Å²) in [5.41, 5.74) is 0. The van der Waals surface area contributed by atoms with Gasteiger partial charge in [0.2, 0.25) is 0 Å². The molecule has 0 amide bonds. The molecule has 20 heavy (non-hydrogen) atoms. The van der Waals surface area contributed by atoms with Gasteiger partial charge in [-0.05, 0) is 49.8 Å². The first kappa shape index (κ1) is 13.2. The van der Waals surface area contributed by atoms with Crippen molar-refractivity contribution in [1.29, 1.82) is 0 Å². The molecule has 0 aliphatic rings. The van der Waals surface area contributed by atoms with Gasteiger partial charge in [0.1, 0.15) is 6.04 Å². The van der Waals surface area contributed by atoms with Crippen molar-refractivity contribution < 1.29 is 0 Å². The number of rotatable bonds is 5. The molecule has 104 valence electrons. The lowest BCUT2D eigenvalue weighted by Gasteiger charge is -2.16. The second-order valence-corrected chi connectivity index (χ2v) is 6.17. The van der Waals surface area contributed by atoms with Crippen LogP contribution in [0.4, 0.5) is 0 Å². The molecule has 0 saturated heterocycles. The van der Waals surface area contributed by atoms with Crippen molar-refractivity contribution in [3.63, 3.8) is 0 Å². The second kappa shape index (κ2) is 5.68. The molecule has 0 radical (unpaired) electrons. The molecule has 5 nitrogen and oxygen atoms in total. The number of tetrazole rings is 1. The fourth-order valence-electron chi connectivity index (χ4n) is 2.24. The van der Waals surface area contributed by atoms with Crippen LogP contribution in [0.15, 0.2) is 36.7 Å². The molecule has 1 unspecified atom stereocenters. The summed E-state index contributed by atoms with van der Waals surface area (Å²) in [6, 6.07) is 10.8. The summed E-state index contributed by atoms with van der Waals surface area (Å²) in [6.45, 7) is 0.987. The minimum absolute atomic E-state index is 0.150. The summed E-state index contributed by atoms with van der Waals surface area (Å²) in [5, 5.41) is 13.4. The smallest absolute Gasteiger partial charge is 0.162 e. The van der Waals surface area contributed by atoms with Crippen LogP contribution in [0, 0.1) is 0 Å². The van der Waals surface area contributed by atoms with Crippen molar-refractivity contribution in [1.82, 2.24) is 25.1 Å². The molecule has 0 saturated carbocycles. The van der Waals surface area contributed by atoms with E-state index in [1.165, 1.54) is 21.3 Å². The first-order chi connectivity index (χ1) is 9.74. The SMILES string of the molecule is CN(C)CCC(c1cc2ccccc2s1)n1ncnn1. The molecule has 2 heterocycles. The monoisotopic (exact) mass is 287 g/mol. The van der Waals surface area contributed by atoms with Gasteiger partial charge in [0.05, 0.1) is 0 Å². The number of aromatic nitrogens is 4. The Morgan fingerprint density at radius 1 is 1.30 bits per heavy atom. The number of nitrogens with zero attached hydrogens (tertiary/aromatic N) is 5.